The summed E-state index contributed by atoms with van der Waals surface area (Å²) in [6.45, 7) is 0. The fourth-order valence-corrected chi connectivity index (χ4v) is 3.94. The molecule has 0 spiro atoms. The maximum absolute atomic E-state index is 12.7. The van der Waals surface area contributed by atoms with Crippen LogP contribution in [-0.4, -0.2) is 31.2 Å². The van der Waals surface area contributed by atoms with E-state index in [2.05, 4.69) is 10.3 Å². The van der Waals surface area contributed by atoms with E-state index < -0.39 is 0 Å². The zero-order valence-corrected chi connectivity index (χ0v) is 16.0. The molecule has 3 aromatic rings. The van der Waals surface area contributed by atoms with E-state index in [1.807, 2.05) is 18.2 Å². The van der Waals surface area contributed by atoms with Crippen LogP contribution < -0.4 is 14.8 Å². The summed E-state index contributed by atoms with van der Waals surface area (Å²) in [5.41, 5.74) is 4.12. The van der Waals surface area contributed by atoms with Gasteiger partial charge in [0, 0.05) is 33.2 Å². The first-order valence-corrected chi connectivity index (χ1v) is 9.28. The number of halogens is 1. The van der Waals surface area contributed by atoms with Crippen molar-refractivity contribution in [3.05, 3.63) is 58.2 Å². The van der Waals surface area contributed by atoms with E-state index in [1.165, 1.54) is 16.6 Å². The number of aryl methyl sites for hydroxylation is 1. The minimum absolute atomic E-state index is 0.0905. The van der Waals surface area contributed by atoms with E-state index in [0.717, 1.165) is 29.8 Å². The van der Waals surface area contributed by atoms with Crippen molar-refractivity contribution in [1.82, 2.24) is 10.3 Å². The summed E-state index contributed by atoms with van der Waals surface area (Å²) < 4.78 is 10.5. The fraction of sp³-hybridized carbons (Fsp3) is 0.286. The Kier molecular flexibility index (Phi) is 4.70. The Labute approximate surface area is 162 Å². The normalized spacial score (nSPS) is 16.0. The highest BCUT2D eigenvalue weighted by atomic mass is 35.5. The van der Waals surface area contributed by atoms with Crippen molar-refractivity contribution in [2.45, 2.75) is 25.3 Å². The van der Waals surface area contributed by atoms with Crippen LogP contribution in [0.4, 0.5) is 0 Å². The summed E-state index contributed by atoms with van der Waals surface area (Å²) in [6.07, 6.45) is 2.60. The number of hydrogen-bond acceptors (Lipinski definition) is 3. The predicted molar refractivity (Wildman–Crippen MR) is 106 cm³/mol. The van der Waals surface area contributed by atoms with Gasteiger partial charge in [-0.05, 0) is 55.2 Å². The zero-order chi connectivity index (χ0) is 19.0. The molecule has 1 aliphatic rings. The maximum atomic E-state index is 12.7. The highest BCUT2D eigenvalue weighted by molar-refractivity contribution is 6.31. The van der Waals surface area contributed by atoms with Crippen LogP contribution in [0.5, 0.6) is 11.5 Å². The van der Waals surface area contributed by atoms with Crippen molar-refractivity contribution in [3.63, 3.8) is 0 Å². The highest BCUT2D eigenvalue weighted by Gasteiger charge is 2.24. The third-order valence-corrected chi connectivity index (χ3v) is 5.37. The highest BCUT2D eigenvalue weighted by Crippen LogP contribution is 2.31. The van der Waals surface area contributed by atoms with Gasteiger partial charge in [0.2, 0.25) is 0 Å². The Bertz CT molecular complexity index is 1010. The second-order valence-electron chi connectivity index (χ2n) is 6.75. The number of nitrogens with one attached hydrogen (secondary N) is 2. The maximum Gasteiger partial charge on any atom is 0.251 e. The van der Waals surface area contributed by atoms with E-state index in [0.29, 0.717) is 17.1 Å². The van der Waals surface area contributed by atoms with Gasteiger partial charge in [-0.15, -0.1) is 0 Å². The average molecular weight is 385 g/mol. The molecule has 1 heterocycles. The molecule has 0 fully saturated rings. The molecular formula is C21H21ClN2O3. The first-order valence-electron chi connectivity index (χ1n) is 8.91. The molecule has 0 saturated carbocycles. The van der Waals surface area contributed by atoms with Gasteiger partial charge in [-0.2, -0.15) is 0 Å². The number of methoxy groups -OCH3 is 2. The third-order valence-electron chi connectivity index (χ3n) is 5.13. The van der Waals surface area contributed by atoms with E-state index in [4.69, 9.17) is 21.1 Å². The summed E-state index contributed by atoms with van der Waals surface area (Å²) in [5.74, 6) is 1.05. The van der Waals surface area contributed by atoms with Crippen LogP contribution in [0.2, 0.25) is 5.02 Å². The van der Waals surface area contributed by atoms with Gasteiger partial charge >= 0.3 is 0 Å². The first kappa shape index (κ1) is 17.7. The lowest BCUT2D eigenvalue weighted by Gasteiger charge is -2.24. The smallest absolute Gasteiger partial charge is 0.251 e. The zero-order valence-electron chi connectivity index (χ0n) is 15.3. The Hall–Kier alpha value is -2.66. The molecule has 1 aliphatic carbocycles. The monoisotopic (exact) mass is 384 g/mol. The van der Waals surface area contributed by atoms with Gasteiger partial charge in [-0.25, -0.2) is 0 Å². The third kappa shape index (κ3) is 3.35. The molecule has 27 heavy (non-hydrogen) atoms. The molecule has 2 N–H and O–H groups in total. The van der Waals surface area contributed by atoms with Crippen LogP contribution in [0.3, 0.4) is 0 Å². The van der Waals surface area contributed by atoms with Gasteiger partial charge in [-0.1, -0.05) is 17.7 Å². The lowest BCUT2D eigenvalue weighted by atomic mass is 9.91. The van der Waals surface area contributed by atoms with E-state index >= 15 is 0 Å². The number of H-pyrrole nitrogens is 1. The number of ether oxygens (including phenoxy) is 2. The SMILES string of the molecule is COc1ccc(C(=O)NC2CCc3[nH]c4cc(Cl)ccc4c3C2)cc1OC. The number of hydrogen-bond donors (Lipinski definition) is 2. The van der Waals surface area contributed by atoms with Crippen LogP contribution in [0, 0.1) is 0 Å². The first-order chi connectivity index (χ1) is 13.1. The molecule has 0 saturated heterocycles. The van der Waals surface area contributed by atoms with Crippen molar-refractivity contribution >= 4 is 28.4 Å². The van der Waals surface area contributed by atoms with Gasteiger partial charge < -0.3 is 19.8 Å². The molecule has 0 aliphatic heterocycles. The number of aromatic amines is 1. The van der Waals surface area contributed by atoms with Gasteiger partial charge in [0.25, 0.3) is 5.91 Å². The molecule has 1 amide bonds. The minimum atomic E-state index is -0.104. The number of fused-ring (bicyclic) bond motifs is 3. The number of aromatic nitrogens is 1. The molecule has 6 heteroatoms. The molecule has 0 bridgehead atoms. The Morgan fingerprint density at radius 1 is 1.15 bits per heavy atom. The van der Waals surface area contributed by atoms with Crippen LogP contribution in [0.15, 0.2) is 36.4 Å². The second kappa shape index (κ2) is 7.16. The van der Waals surface area contributed by atoms with Gasteiger partial charge in [0.1, 0.15) is 0 Å². The number of carbonyl (C=O) groups is 1. The average Bonchev–Trinajstić information content (AvgIpc) is 3.04. The molecule has 1 atom stereocenters. The standard InChI is InChI=1S/C21H21ClN2O3/c1-26-19-8-3-12(9-20(19)27-2)21(25)23-14-5-7-17-16(11-14)15-6-4-13(22)10-18(15)24-17/h3-4,6,8-10,14,24H,5,7,11H2,1-2H3,(H,23,25). The molecule has 4 rings (SSSR count). The molecule has 1 aromatic heterocycles. The summed E-state index contributed by atoms with van der Waals surface area (Å²) in [6, 6.07) is 11.2. The lowest BCUT2D eigenvalue weighted by molar-refractivity contribution is 0.0933. The van der Waals surface area contributed by atoms with Crippen LogP contribution >= 0.6 is 11.6 Å². The molecule has 2 aromatic carbocycles. The molecular weight excluding hydrogens is 364 g/mol. The lowest BCUT2D eigenvalue weighted by Crippen LogP contribution is -2.38. The van der Waals surface area contributed by atoms with E-state index in [9.17, 15) is 4.79 Å². The number of carbonyl (C=O) groups excluding carboxylic acids is 1. The Morgan fingerprint density at radius 3 is 2.74 bits per heavy atom. The largest absolute Gasteiger partial charge is 0.493 e. The summed E-state index contributed by atoms with van der Waals surface area (Å²) in [5, 5.41) is 5.06. The fourth-order valence-electron chi connectivity index (χ4n) is 3.77. The van der Waals surface area contributed by atoms with Gasteiger partial charge in [-0.3, -0.25) is 4.79 Å². The number of amides is 1. The van der Waals surface area contributed by atoms with E-state index in [-0.39, 0.29) is 11.9 Å². The van der Waals surface area contributed by atoms with Gasteiger partial charge in [0.05, 0.1) is 14.2 Å². The van der Waals surface area contributed by atoms with Crippen LogP contribution in [-0.2, 0) is 12.8 Å². The number of benzene rings is 2. The summed E-state index contributed by atoms with van der Waals surface area (Å²) in [7, 11) is 3.14. The predicted octanol–water partition coefficient (Wildman–Crippen LogP) is 4.13. The molecule has 1 unspecified atom stereocenters. The number of rotatable bonds is 4. The second-order valence-corrected chi connectivity index (χ2v) is 7.19. The Morgan fingerprint density at radius 2 is 1.96 bits per heavy atom. The van der Waals surface area contributed by atoms with Crippen LogP contribution in [0.25, 0.3) is 10.9 Å². The van der Waals surface area contributed by atoms with Gasteiger partial charge in [0.15, 0.2) is 11.5 Å². The molecule has 140 valence electrons. The summed E-state index contributed by atoms with van der Waals surface area (Å²) >= 11 is 6.10. The molecule has 5 nitrogen and oxygen atoms in total. The summed E-state index contributed by atoms with van der Waals surface area (Å²) in [4.78, 5) is 16.2. The Balaban J connectivity index is 1.53. The van der Waals surface area contributed by atoms with Crippen molar-refractivity contribution in [2.75, 3.05) is 14.2 Å². The van der Waals surface area contributed by atoms with Crippen molar-refractivity contribution < 1.29 is 14.3 Å². The molecule has 0 radical (unpaired) electrons. The van der Waals surface area contributed by atoms with Crippen molar-refractivity contribution in [2.24, 2.45) is 0 Å². The quantitative estimate of drug-likeness (QED) is 0.711. The topological polar surface area (TPSA) is 63.3 Å². The van der Waals surface area contributed by atoms with Crippen molar-refractivity contribution in [1.29, 1.82) is 0 Å². The minimum Gasteiger partial charge on any atom is -0.493 e. The van der Waals surface area contributed by atoms with E-state index in [1.54, 1.807) is 32.4 Å². The van der Waals surface area contributed by atoms with Crippen LogP contribution in [0.1, 0.15) is 28.0 Å². The van der Waals surface area contributed by atoms with Crippen molar-refractivity contribution in [3.8, 4) is 11.5 Å².